The number of nitrogens with two attached hydrogens (primary N) is 2. The number of hydrogen-bond donors (Lipinski definition) is 3. The lowest BCUT2D eigenvalue weighted by Gasteiger charge is -2.07. The van der Waals surface area contributed by atoms with E-state index in [4.69, 9.17) is 11.5 Å². The third kappa shape index (κ3) is 3.60. The molecule has 0 spiro atoms. The normalized spacial score (nSPS) is 9.38. The molecule has 0 unspecified atom stereocenters. The summed E-state index contributed by atoms with van der Waals surface area (Å²) in [7, 11) is 0. The molecule has 0 bridgehead atoms. The second-order valence-electron chi connectivity index (χ2n) is 4.26. The molecule has 2 aromatic carbocycles. The summed E-state index contributed by atoms with van der Waals surface area (Å²) in [6.45, 7) is 0.552. The van der Waals surface area contributed by atoms with E-state index in [-0.39, 0.29) is 37.2 Å². The second kappa shape index (κ2) is 8.10. The van der Waals surface area contributed by atoms with E-state index in [2.05, 4.69) is 10.2 Å². The van der Waals surface area contributed by atoms with Crippen LogP contribution in [0.25, 0.3) is 22.0 Å². The number of nitrogens with zero attached hydrogens (tertiary/aromatic N) is 1. The maximum absolute atomic E-state index is 6.18. The fourth-order valence-electron chi connectivity index (χ4n) is 2.11. The molecular weight excluding hydrogens is 331 g/mol. The molecule has 3 rings (SSSR count). The third-order valence-corrected chi connectivity index (χ3v) is 3.17. The van der Waals surface area contributed by atoms with E-state index >= 15 is 0 Å². The average Bonchev–Trinajstić information content (AvgIpc) is 2.89. The van der Waals surface area contributed by atoms with Gasteiger partial charge in [0.1, 0.15) is 0 Å². The van der Waals surface area contributed by atoms with E-state index in [9.17, 15) is 0 Å². The van der Waals surface area contributed by atoms with Gasteiger partial charge in [-0.1, -0.05) is 30.3 Å². The summed E-state index contributed by atoms with van der Waals surface area (Å²) in [4.78, 5) is 0. The van der Waals surface area contributed by atoms with Gasteiger partial charge in [-0.05, 0) is 17.2 Å². The molecule has 0 aliphatic rings. The Morgan fingerprint density at radius 3 is 2.24 bits per heavy atom. The summed E-state index contributed by atoms with van der Waals surface area (Å²) < 4.78 is 0. The van der Waals surface area contributed by atoms with Gasteiger partial charge in [-0.2, -0.15) is 5.10 Å². The molecule has 0 radical (unpaired) electrons. The van der Waals surface area contributed by atoms with E-state index in [1.165, 1.54) is 0 Å². The molecule has 3 aromatic rings. The minimum Gasteiger partial charge on any atom is -0.398 e. The number of fused-ring (bicyclic) bond motifs is 1. The highest BCUT2D eigenvalue weighted by Crippen LogP contribution is 2.31. The SMILES string of the molecule is Cl.Cl.Cl.NCc1ccc(-c2ccc3[nH]ncc3c2N)cc1. The van der Waals surface area contributed by atoms with Gasteiger partial charge in [0.15, 0.2) is 0 Å². The fourth-order valence-corrected chi connectivity index (χ4v) is 2.11. The molecule has 21 heavy (non-hydrogen) atoms. The van der Waals surface area contributed by atoms with E-state index in [0.717, 1.165) is 33.3 Å². The van der Waals surface area contributed by atoms with Crippen molar-refractivity contribution in [1.82, 2.24) is 10.2 Å². The summed E-state index contributed by atoms with van der Waals surface area (Å²) in [6, 6.07) is 12.1. The molecule has 0 aliphatic heterocycles. The number of rotatable bonds is 2. The molecule has 1 aromatic heterocycles. The maximum atomic E-state index is 6.18. The van der Waals surface area contributed by atoms with Crippen LogP contribution in [0.3, 0.4) is 0 Å². The number of H-pyrrole nitrogens is 1. The van der Waals surface area contributed by atoms with Gasteiger partial charge in [0.25, 0.3) is 0 Å². The lowest BCUT2D eigenvalue weighted by molar-refractivity contribution is 1.07. The Bertz CT molecular complexity index is 695. The molecule has 0 atom stereocenters. The quantitative estimate of drug-likeness (QED) is 0.620. The zero-order valence-corrected chi connectivity index (χ0v) is 13.5. The van der Waals surface area contributed by atoms with E-state index in [0.29, 0.717) is 6.54 Å². The van der Waals surface area contributed by atoms with Crippen LogP contribution in [-0.2, 0) is 6.54 Å². The Balaban J connectivity index is 0.00000133. The standard InChI is InChI=1S/C14H14N4.3ClH/c15-7-9-1-3-10(4-2-9)11-5-6-13-12(14(11)16)8-17-18-13;;;/h1-6,8H,7,15-16H2,(H,17,18);3*1H. The first-order valence-electron chi connectivity index (χ1n) is 5.80. The Hall–Kier alpha value is -1.46. The van der Waals surface area contributed by atoms with Crippen LogP contribution in [0.4, 0.5) is 5.69 Å². The predicted octanol–water partition coefficient (Wildman–Crippen LogP) is 3.54. The fraction of sp³-hybridized carbons (Fsp3) is 0.0714. The molecule has 0 aliphatic carbocycles. The molecule has 5 N–H and O–H groups in total. The van der Waals surface area contributed by atoms with Gasteiger partial charge in [0.2, 0.25) is 0 Å². The van der Waals surface area contributed by atoms with Crippen LogP contribution in [0.5, 0.6) is 0 Å². The van der Waals surface area contributed by atoms with E-state index in [1.807, 2.05) is 36.4 Å². The molecule has 0 amide bonds. The van der Waals surface area contributed by atoms with Crippen LogP contribution in [0.2, 0.25) is 0 Å². The van der Waals surface area contributed by atoms with Gasteiger partial charge in [0, 0.05) is 17.5 Å². The molecule has 0 saturated heterocycles. The van der Waals surface area contributed by atoms with Crippen molar-refractivity contribution in [2.24, 2.45) is 5.73 Å². The smallest absolute Gasteiger partial charge is 0.0671 e. The van der Waals surface area contributed by atoms with Crippen LogP contribution >= 0.6 is 37.2 Å². The van der Waals surface area contributed by atoms with Crippen molar-refractivity contribution in [1.29, 1.82) is 0 Å². The summed E-state index contributed by atoms with van der Waals surface area (Å²) in [5.74, 6) is 0. The van der Waals surface area contributed by atoms with Crippen molar-refractivity contribution in [3.05, 3.63) is 48.2 Å². The van der Waals surface area contributed by atoms with E-state index < -0.39 is 0 Å². The Morgan fingerprint density at radius 1 is 0.952 bits per heavy atom. The topological polar surface area (TPSA) is 80.7 Å². The first kappa shape index (κ1) is 19.5. The number of anilines is 1. The van der Waals surface area contributed by atoms with Gasteiger partial charge in [-0.25, -0.2) is 0 Å². The first-order valence-corrected chi connectivity index (χ1v) is 5.80. The molecule has 7 heteroatoms. The monoisotopic (exact) mass is 346 g/mol. The lowest BCUT2D eigenvalue weighted by Crippen LogP contribution is -1.96. The van der Waals surface area contributed by atoms with E-state index in [1.54, 1.807) is 6.20 Å². The molecule has 1 heterocycles. The van der Waals surface area contributed by atoms with Gasteiger partial charge in [-0.15, -0.1) is 37.2 Å². The van der Waals surface area contributed by atoms with Crippen molar-refractivity contribution in [2.75, 3.05) is 5.73 Å². The van der Waals surface area contributed by atoms with Crippen LogP contribution < -0.4 is 11.5 Å². The number of aromatic nitrogens is 2. The number of halogens is 3. The Kier molecular flexibility index (Phi) is 7.53. The van der Waals surface area contributed by atoms with Crippen LogP contribution in [0, 0.1) is 0 Å². The zero-order valence-electron chi connectivity index (χ0n) is 11.1. The van der Waals surface area contributed by atoms with Crippen LogP contribution in [0.1, 0.15) is 5.56 Å². The average molecular weight is 348 g/mol. The van der Waals surface area contributed by atoms with Crippen molar-refractivity contribution in [3.63, 3.8) is 0 Å². The van der Waals surface area contributed by atoms with Crippen LogP contribution in [-0.4, -0.2) is 10.2 Å². The molecule has 0 fully saturated rings. The highest BCUT2D eigenvalue weighted by molar-refractivity contribution is 5.98. The predicted molar refractivity (Wildman–Crippen MR) is 95.6 cm³/mol. The minimum absolute atomic E-state index is 0. The largest absolute Gasteiger partial charge is 0.398 e. The van der Waals surface area contributed by atoms with Crippen molar-refractivity contribution >= 4 is 53.8 Å². The first-order chi connectivity index (χ1) is 8.79. The Morgan fingerprint density at radius 2 is 1.62 bits per heavy atom. The lowest BCUT2D eigenvalue weighted by atomic mass is 10.0. The highest BCUT2D eigenvalue weighted by atomic mass is 35.5. The summed E-state index contributed by atoms with van der Waals surface area (Å²) in [6.07, 6.45) is 1.75. The van der Waals surface area contributed by atoms with Gasteiger partial charge >= 0.3 is 0 Å². The summed E-state index contributed by atoms with van der Waals surface area (Å²) in [5, 5.41) is 7.87. The zero-order chi connectivity index (χ0) is 12.5. The third-order valence-electron chi connectivity index (χ3n) is 3.17. The number of nitrogens with one attached hydrogen (secondary N) is 1. The molecule has 114 valence electrons. The van der Waals surface area contributed by atoms with Gasteiger partial charge < -0.3 is 11.5 Å². The highest BCUT2D eigenvalue weighted by Gasteiger charge is 2.07. The molecular formula is C14H17Cl3N4. The minimum atomic E-state index is 0. The molecule has 4 nitrogen and oxygen atoms in total. The number of aromatic amines is 1. The summed E-state index contributed by atoms with van der Waals surface area (Å²) in [5.41, 5.74) is 16.7. The van der Waals surface area contributed by atoms with Gasteiger partial charge in [0.05, 0.1) is 17.4 Å². The number of benzene rings is 2. The van der Waals surface area contributed by atoms with Crippen LogP contribution in [0.15, 0.2) is 42.6 Å². The Labute approximate surface area is 141 Å². The molecule has 0 saturated carbocycles. The second-order valence-corrected chi connectivity index (χ2v) is 4.26. The van der Waals surface area contributed by atoms with Gasteiger partial charge in [-0.3, -0.25) is 5.10 Å². The van der Waals surface area contributed by atoms with Crippen molar-refractivity contribution in [3.8, 4) is 11.1 Å². The maximum Gasteiger partial charge on any atom is 0.0671 e. The van der Waals surface area contributed by atoms with Crippen molar-refractivity contribution in [2.45, 2.75) is 6.54 Å². The number of hydrogen-bond acceptors (Lipinski definition) is 3. The van der Waals surface area contributed by atoms with Crippen molar-refractivity contribution < 1.29 is 0 Å². The number of nitrogen functional groups attached to an aromatic ring is 1. The summed E-state index contributed by atoms with van der Waals surface area (Å²) >= 11 is 0.